The maximum Gasteiger partial charge on any atom is 0.244 e. The lowest BCUT2D eigenvalue weighted by Gasteiger charge is -2.11. The van der Waals surface area contributed by atoms with Crippen molar-refractivity contribution >= 4 is 11.6 Å². The number of imidazole rings is 1. The van der Waals surface area contributed by atoms with Crippen LogP contribution >= 0.6 is 0 Å². The van der Waals surface area contributed by atoms with E-state index >= 15 is 0 Å². The molecule has 0 aliphatic rings. The molecule has 20 heavy (non-hydrogen) atoms. The van der Waals surface area contributed by atoms with Gasteiger partial charge in [-0.1, -0.05) is 32.0 Å². The topological polar surface area (TPSA) is 59.0 Å². The molecule has 0 saturated heterocycles. The molecule has 1 aromatic carbocycles. The lowest BCUT2D eigenvalue weighted by Crippen LogP contribution is -2.26. The highest BCUT2D eigenvalue weighted by molar-refractivity contribution is 5.90. The lowest BCUT2D eigenvalue weighted by atomic mass is 10.3. The summed E-state index contributed by atoms with van der Waals surface area (Å²) in [5.74, 6) is 0.807. The quantitative estimate of drug-likeness (QED) is 0.846. The largest absolute Gasteiger partial charge is 0.325 e. The standard InChI is InChI=1S/C15H20N4O/c1-12(2)17-10-14-16-8-9-19(14)11-15(20)18-13-6-4-3-5-7-13/h3-9,12,17H,10-11H2,1-2H3,(H,18,20). The number of hydrogen-bond donors (Lipinski definition) is 2. The summed E-state index contributed by atoms with van der Waals surface area (Å²) in [6.45, 7) is 5.08. The molecule has 5 heteroatoms. The minimum atomic E-state index is -0.0556. The van der Waals surface area contributed by atoms with E-state index in [-0.39, 0.29) is 12.5 Å². The molecule has 0 unspecified atom stereocenters. The minimum absolute atomic E-state index is 0.0556. The van der Waals surface area contributed by atoms with Crippen molar-refractivity contribution in [3.8, 4) is 0 Å². The molecule has 0 aliphatic heterocycles. The molecule has 1 aromatic heterocycles. The first-order chi connectivity index (χ1) is 9.65. The van der Waals surface area contributed by atoms with Crippen molar-refractivity contribution < 1.29 is 4.79 Å². The number of nitrogens with one attached hydrogen (secondary N) is 2. The normalized spacial score (nSPS) is 10.8. The predicted octanol–water partition coefficient (Wildman–Crippen LogP) is 2.02. The lowest BCUT2D eigenvalue weighted by molar-refractivity contribution is -0.116. The minimum Gasteiger partial charge on any atom is -0.325 e. The molecule has 0 spiro atoms. The van der Waals surface area contributed by atoms with Gasteiger partial charge in [-0.2, -0.15) is 0 Å². The molecule has 0 radical (unpaired) electrons. The van der Waals surface area contributed by atoms with E-state index in [4.69, 9.17) is 0 Å². The summed E-state index contributed by atoms with van der Waals surface area (Å²) in [6.07, 6.45) is 3.54. The van der Waals surface area contributed by atoms with Crippen molar-refractivity contribution in [1.29, 1.82) is 0 Å². The number of nitrogens with zero attached hydrogens (tertiary/aromatic N) is 2. The van der Waals surface area contributed by atoms with Crippen LogP contribution in [0.2, 0.25) is 0 Å². The first kappa shape index (κ1) is 14.3. The molecule has 106 valence electrons. The van der Waals surface area contributed by atoms with E-state index in [0.29, 0.717) is 12.6 Å². The number of amides is 1. The molecule has 1 amide bonds. The second kappa shape index (κ2) is 6.86. The van der Waals surface area contributed by atoms with Gasteiger partial charge < -0.3 is 15.2 Å². The van der Waals surface area contributed by atoms with Crippen LogP contribution in [0.1, 0.15) is 19.7 Å². The Morgan fingerprint density at radius 1 is 1.30 bits per heavy atom. The molecule has 2 aromatic rings. The van der Waals surface area contributed by atoms with Crippen LogP contribution in [-0.4, -0.2) is 21.5 Å². The summed E-state index contributed by atoms with van der Waals surface area (Å²) < 4.78 is 1.85. The van der Waals surface area contributed by atoms with Gasteiger partial charge >= 0.3 is 0 Å². The van der Waals surface area contributed by atoms with Crippen molar-refractivity contribution in [1.82, 2.24) is 14.9 Å². The van der Waals surface area contributed by atoms with Gasteiger partial charge in [-0.25, -0.2) is 4.98 Å². The van der Waals surface area contributed by atoms with Crippen LogP contribution < -0.4 is 10.6 Å². The fourth-order valence-corrected chi connectivity index (χ4v) is 1.82. The molecule has 2 rings (SSSR count). The Morgan fingerprint density at radius 2 is 2.05 bits per heavy atom. The summed E-state index contributed by atoms with van der Waals surface area (Å²) >= 11 is 0. The Bertz CT molecular complexity index is 548. The number of carbonyl (C=O) groups is 1. The van der Waals surface area contributed by atoms with Gasteiger partial charge in [0.25, 0.3) is 0 Å². The molecular formula is C15H20N4O. The Labute approximate surface area is 119 Å². The first-order valence-corrected chi connectivity index (χ1v) is 6.73. The van der Waals surface area contributed by atoms with Gasteiger partial charge in [0.1, 0.15) is 12.4 Å². The van der Waals surface area contributed by atoms with Crippen LogP contribution in [-0.2, 0) is 17.9 Å². The molecular weight excluding hydrogens is 252 g/mol. The highest BCUT2D eigenvalue weighted by Gasteiger charge is 2.08. The van der Waals surface area contributed by atoms with Crippen LogP contribution in [0.25, 0.3) is 0 Å². The molecule has 0 atom stereocenters. The number of anilines is 1. The van der Waals surface area contributed by atoms with Gasteiger partial charge in [0.15, 0.2) is 0 Å². The molecule has 2 N–H and O–H groups in total. The van der Waals surface area contributed by atoms with Crippen molar-refractivity contribution in [3.63, 3.8) is 0 Å². The molecule has 0 fully saturated rings. The predicted molar refractivity (Wildman–Crippen MR) is 79.3 cm³/mol. The summed E-state index contributed by atoms with van der Waals surface area (Å²) in [7, 11) is 0. The SMILES string of the molecule is CC(C)NCc1nccn1CC(=O)Nc1ccccc1. The average Bonchev–Trinajstić information content (AvgIpc) is 2.84. The van der Waals surface area contributed by atoms with Crippen molar-refractivity contribution in [2.24, 2.45) is 0 Å². The molecule has 5 nitrogen and oxygen atoms in total. The van der Waals surface area contributed by atoms with E-state index in [2.05, 4.69) is 29.5 Å². The van der Waals surface area contributed by atoms with E-state index in [1.807, 2.05) is 41.1 Å². The van der Waals surface area contributed by atoms with Crippen LogP contribution in [0.4, 0.5) is 5.69 Å². The van der Waals surface area contributed by atoms with Crippen LogP contribution in [0.3, 0.4) is 0 Å². The average molecular weight is 272 g/mol. The van der Waals surface area contributed by atoms with Crippen LogP contribution in [0, 0.1) is 0 Å². The Kier molecular flexibility index (Phi) is 4.90. The van der Waals surface area contributed by atoms with E-state index in [9.17, 15) is 4.79 Å². The van der Waals surface area contributed by atoms with E-state index in [1.165, 1.54) is 0 Å². The second-order valence-corrected chi connectivity index (χ2v) is 4.92. The fourth-order valence-electron chi connectivity index (χ4n) is 1.82. The molecule has 0 aliphatic carbocycles. The first-order valence-electron chi connectivity index (χ1n) is 6.73. The van der Waals surface area contributed by atoms with Crippen LogP contribution in [0.15, 0.2) is 42.7 Å². The van der Waals surface area contributed by atoms with Crippen LogP contribution in [0.5, 0.6) is 0 Å². The van der Waals surface area contributed by atoms with E-state index in [1.54, 1.807) is 6.20 Å². The van der Waals surface area contributed by atoms with Gasteiger partial charge in [0.05, 0.1) is 6.54 Å². The summed E-state index contributed by atoms with van der Waals surface area (Å²) in [4.78, 5) is 16.3. The number of para-hydroxylation sites is 1. The molecule has 0 bridgehead atoms. The summed E-state index contributed by atoms with van der Waals surface area (Å²) in [5.41, 5.74) is 0.805. The summed E-state index contributed by atoms with van der Waals surface area (Å²) in [6, 6.07) is 9.83. The maximum atomic E-state index is 12.0. The highest BCUT2D eigenvalue weighted by Crippen LogP contribution is 2.06. The monoisotopic (exact) mass is 272 g/mol. The van der Waals surface area contributed by atoms with Gasteiger partial charge in [-0.3, -0.25) is 4.79 Å². The van der Waals surface area contributed by atoms with Gasteiger partial charge in [0, 0.05) is 24.1 Å². The zero-order valence-corrected chi connectivity index (χ0v) is 11.8. The van der Waals surface area contributed by atoms with Crippen molar-refractivity contribution in [3.05, 3.63) is 48.5 Å². The Morgan fingerprint density at radius 3 is 2.75 bits per heavy atom. The number of rotatable bonds is 6. The molecule has 0 saturated carbocycles. The Hall–Kier alpha value is -2.14. The van der Waals surface area contributed by atoms with Gasteiger partial charge in [0.2, 0.25) is 5.91 Å². The molecule has 1 heterocycles. The maximum absolute atomic E-state index is 12.0. The van der Waals surface area contributed by atoms with E-state index in [0.717, 1.165) is 11.5 Å². The third-order valence-electron chi connectivity index (χ3n) is 2.84. The van der Waals surface area contributed by atoms with Crippen molar-refractivity contribution in [2.45, 2.75) is 33.0 Å². The van der Waals surface area contributed by atoms with Crippen molar-refractivity contribution in [2.75, 3.05) is 5.32 Å². The Balaban J connectivity index is 1.93. The number of aromatic nitrogens is 2. The zero-order valence-electron chi connectivity index (χ0n) is 11.8. The second-order valence-electron chi connectivity index (χ2n) is 4.92. The van der Waals surface area contributed by atoms with E-state index < -0.39 is 0 Å². The summed E-state index contributed by atoms with van der Waals surface area (Å²) in [5, 5.41) is 6.16. The number of hydrogen-bond acceptors (Lipinski definition) is 3. The van der Waals surface area contributed by atoms with Gasteiger partial charge in [-0.05, 0) is 12.1 Å². The smallest absolute Gasteiger partial charge is 0.244 e. The number of carbonyl (C=O) groups excluding carboxylic acids is 1. The third kappa shape index (κ3) is 4.20. The third-order valence-corrected chi connectivity index (χ3v) is 2.84. The highest BCUT2D eigenvalue weighted by atomic mass is 16.1. The van der Waals surface area contributed by atoms with Gasteiger partial charge in [-0.15, -0.1) is 0 Å². The fraction of sp³-hybridized carbons (Fsp3) is 0.333. The number of benzene rings is 1. The zero-order chi connectivity index (χ0) is 14.4.